The molecule has 0 radical (unpaired) electrons. The van der Waals surface area contributed by atoms with E-state index >= 15 is 0 Å². The molecule has 2 amide bonds. The van der Waals surface area contributed by atoms with Gasteiger partial charge in [-0.05, 0) is 73.7 Å². The van der Waals surface area contributed by atoms with E-state index in [9.17, 15) is 9.59 Å². The van der Waals surface area contributed by atoms with Crippen LogP contribution in [0.4, 0.5) is 11.4 Å². The van der Waals surface area contributed by atoms with Crippen LogP contribution >= 0.6 is 0 Å². The van der Waals surface area contributed by atoms with Gasteiger partial charge >= 0.3 is 0 Å². The average molecular weight is 410 g/mol. The van der Waals surface area contributed by atoms with E-state index in [1.165, 1.54) is 0 Å². The molecule has 6 heteroatoms. The van der Waals surface area contributed by atoms with Crippen LogP contribution in [0.1, 0.15) is 43.5 Å². The zero-order valence-corrected chi connectivity index (χ0v) is 17.8. The van der Waals surface area contributed by atoms with E-state index in [1.807, 2.05) is 41.3 Å². The molecule has 0 atom stereocenters. The van der Waals surface area contributed by atoms with Crippen LogP contribution in [0.25, 0.3) is 0 Å². The van der Waals surface area contributed by atoms with Crippen LogP contribution in [0, 0.1) is 5.92 Å². The Morgan fingerprint density at radius 3 is 2.23 bits per heavy atom. The fourth-order valence-corrected chi connectivity index (χ4v) is 3.27. The summed E-state index contributed by atoms with van der Waals surface area (Å²) < 4.78 is 5.69. The van der Waals surface area contributed by atoms with Gasteiger partial charge in [-0.25, -0.2) is 0 Å². The van der Waals surface area contributed by atoms with Crippen molar-refractivity contribution in [3.63, 3.8) is 0 Å². The third-order valence-corrected chi connectivity index (χ3v) is 5.08. The Kier molecular flexibility index (Phi) is 7.71. The molecule has 6 nitrogen and oxygen atoms in total. The summed E-state index contributed by atoms with van der Waals surface area (Å²) in [6, 6.07) is 14.7. The molecule has 0 aliphatic carbocycles. The third-order valence-electron chi connectivity index (χ3n) is 5.08. The number of nitrogens with zero attached hydrogens (tertiary/aromatic N) is 1. The molecule has 3 rings (SSSR count). The van der Waals surface area contributed by atoms with E-state index in [-0.39, 0.29) is 18.4 Å². The summed E-state index contributed by atoms with van der Waals surface area (Å²) in [6.45, 7) is 6.84. The first-order valence-electron chi connectivity index (χ1n) is 10.7. The number of amides is 2. The van der Waals surface area contributed by atoms with Gasteiger partial charge in [0.2, 0.25) is 5.91 Å². The zero-order valence-electron chi connectivity index (χ0n) is 17.8. The maximum atomic E-state index is 12.4. The van der Waals surface area contributed by atoms with E-state index < -0.39 is 0 Å². The number of hydrogen-bond acceptors (Lipinski definition) is 4. The van der Waals surface area contributed by atoms with Crippen molar-refractivity contribution in [3.8, 4) is 5.75 Å². The predicted octanol–water partition coefficient (Wildman–Crippen LogP) is 4.40. The van der Waals surface area contributed by atoms with Crippen LogP contribution < -0.4 is 15.4 Å². The Morgan fingerprint density at radius 1 is 0.967 bits per heavy atom. The Bertz CT molecular complexity index is 826. The molecule has 1 aliphatic heterocycles. The number of rotatable bonds is 9. The first-order valence-corrected chi connectivity index (χ1v) is 10.7. The summed E-state index contributed by atoms with van der Waals surface area (Å²) in [5.41, 5.74) is 2.21. The van der Waals surface area contributed by atoms with Gasteiger partial charge in [-0.15, -0.1) is 0 Å². The SMILES string of the molecule is CC(C)CCOc1ccc(NC(=O)CNc2ccc(C(=O)N3CCCC3)cc2)cc1. The van der Waals surface area contributed by atoms with Gasteiger partial charge in [0.25, 0.3) is 5.91 Å². The fraction of sp³-hybridized carbons (Fsp3) is 0.417. The lowest BCUT2D eigenvalue weighted by Gasteiger charge is -2.15. The molecule has 160 valence electrons. The number of nitrogens with one attached hydrogen (secondary N) is 2. The van der Waals surface area contributed by atoms with Crippen LogP contribution in [0.15, 0.2) is 48.5 Å². The second-order valence-electron chi connectivity index (χ2n) is 8.03. The highest BCUT2D eigenvalue weighted by Gasteiger charge is 2.19. The summed E-state index contributed by atoms with van der Waals surface area (Å²) >= 11 is 0. The molecule has 0 spiro atoms. The summed E-state index contributed by atoms with van der Waals surface area (Å²) in [4.78, 5) is 26.5. The summed E-state index contributed by atoms with van der Waals surface area (Å²) in [6.07, 6.45) is 3.17. The van der Waals surface area contributed by atoms with Gasteiger partial charge in [-0.3, -0.25) is 9.59 Å². The maximum Gasteiger partial charge on any atom is 0.253 e. The van der Waals surface area contributed by atoms with Crippen LogP contribution in [-0.2, 0) is 4.79 Å². The highest BCUT2D eigenvalue weighted by atomic mass is 16.5. The number of benzene rings is 2. The van der Waals surface area contributed by atoms with Crippen molar-refractivity contribution < 1.29 is 14.3 Å². The highest BCUT2D eigenvalue weighted by Crippen LogP contribution is 2.17. The molecular formula is C24H31N3O3. The molecule has 0 unspecified atom stereocenters. The van der Waals surface area contributed by atoms with Crippen molar-refractivity contribution in [2.24, 2.45) is 5.92 Å². The van der Waals surface area contributed by atoms with Gasteiger partial charge in [0.05, 0.1) is 13.2 Å². The van der Waals surface area contributed by atoms with Crippen molar-refractivity contribution in [2.75, 3.05) is 36.9 Å². The van der Waals surface area contributed by atoms with Gasteiger partial charge < -0.3 is 20.3 Å². The molecule has 30 heavy (non-hydrogen) atoms. The van der Waals surface area contributed by atoms with E-state index in [4.69, 9.17) is 4.74 Å². The highest BCUT2D eigenvalue weighted by molar-refractivity contribution is 5.95. The van der Waals surface area contributed by atoms with E-state index in [1.54, 1.807) is 12.1 Å². The second-order valence-corrected chi connectivity index (χ2v) is 8.03. The zero-order chi connectivity index (χ0) is 21.3. The molecule has 0 aromatic heterocycles. The minimum atomic E-state index is -0.138. The summed E-state index contributed by atoms with van der Waals surface area (Å²) in [5, 5.41) is 5.95. The van der Waals surface area contributed by atoms with E-state index in [0.717, 1.165) is 49.5 Å². The molecule has 2 aromatic rings. The van der Waals surface area contributed by atoms with Gasteiger partial charge in [0.1, 0.15) is 5.75 Å². The molecule has 0 bridgehead atoms. The largest absolute Gasteiger partial charge is 0.494 e. The van der Waals surface area contributed by atoms with Crippen molar-refractivity contribution >= 4 is 23.2 Å². The lowest BCUT2D eigenvalue weighted by molar-refractivity contribution is -0.114. The van der Waals surface area contributed by atoms with Crippen molar-refractivity contribution in [1.29, 1.82) is 0 Å². The standard InChI is InChI=1S/C24H31N3O3/c1-18(2)13-16-30-22-11-9-21(10-12-22)26-23(28)17-25-20-7-5-19(6-8-20)24(29)27-14-3-4-15-27/h5-12,18,25H,3-4,13-17H2,1-2H3,(H,26,28). The number of likely N-dealkylation sites (tertiary alicyclic amines) is 1. The third kappa shape index (κ3) is 6.51. The van der Waals surface area contributed by atoms with Crippen molar-refractivity contribution in [3.05, 3.63) is 54.1 Å². The lowest BCUT2D eigenvalue weighted by Crippen LogP contribution is -2.27. The Labute approximate surface area is 178 Å². The van der Waals surface area contributed by atoms with E-state index in [2.05, 4.69) is 24.5 Å². The summed E-state index contributed by atoms with van der Waals surface area (Å²) in [5.74, 6) is 1.35. The fourth-order valence-electron chi connectivity index (χ4n) is 3.27. The predicted molar refractivity (Wildman–Crippen MR) is 120 cm³/mol. The van der Waals surface area contributed by atoms with Gasteiger partial charge in [-0.2, -0.15) is 0 Å². The van der Waals surface area contributed by atoms with Crippen LogP contribution in [0.2, 0.25) is 0 Å². The Hall–Kier alpha value is -3.02. The van der Waals surface area contributed by atoms with Crippen LogP contribution in [0.3, 0.4) is 0 Å². The quantitative estimate of drug-likeness (QED) is 0.644. The van der Waals surface area contributed by atoms with Gasteiger partial charge in [0, 0.05) is 30.0 Å². The Balaban J connectivity index is 1.42. The molecule has 2 N–H and O–H groups in total. The normalized spacial score (nSPS) is 13.4. The number of anilines is 2. The summed E-state index contributed by atoms with van der Waals surface area (Å²) in [7, 11) is 0. The first kappa shape index (κ1) is 21.7. The molecule has 0 saturated carbocycles. The topological polar surface area (TPSA) is 70.7 Å². The second kappa shape index (κ2) is 10.7. The molecule has 1 fully saturated rings. The number of hydrogen-bond donors (Lipinski definition) is 2. The Morgan fingerprint density at radius 2 is 1.60 bits per heavy atom. The monoisotopic (exact) mass is 409 g/mol. The number of carbonyl (C=O) groups excluding carboxylic acids is 2. The molecule has 1 aliphatic rings. The van der Waals surface area contributed by atoms with Gasteiger partial charge in [-0.1, -0.05) is 13.8 Å². The van der Waals surface area contributed by atoms with Crippen molar-refractivity contribution in [2.45, 2.75) is 33.1 Å². The molecule has 1 heterocycles. The average Bonchev–Trinajstić information content (AvgIpc) is 3.28. The van der Waals surface area contributed by atoms with Gasteiger partial charge in [0.15, 0.2) is 0 Å². The molecule has 1 saturated heterocycles. The minimum absolute atomic E-state index is 0.0772. The van der Waals surface area contributed by atoms with Crippen LogP contribution in [0.5, 0.6) is 5.75 Å². The number of carbonyl (C=O) groups is 2. The van der Waals surface area contributed by atoms with Crippen LogP contribution in [-0.4, -0.2) is 43.0 Å². The first-order chi connectivity index (χ1) is 14.5. The smallest absolute Gasteiger partial charge is 0.253 e. The molecular weight excluding hydrogens is 378 g/mol. The minimum Gasteiger partial charge on any atom is -0.494 e. The lowest BCUT2D eigenvalue weighted by atomic mass is 10.1. The molecule has 2 aromatic carbocycles. The number of ether oxygens (including phenoxy) is 1. The van der Waals surface area contributed by atoms with E-state index in [0.29, 0.717) is 18.1 Å². The maximum absolute atomic E-state index is 12.4. The van der Waals surface area contributed by atoms with Crippen molar-refractivity contribution in [1.82, 2.24) is 4.90 Å².